The van der Waals surface area contributed by atoms with Crippen molar-refractivity contribution in [3.05, 3.63) is 36.2 Å². The van der Waals surface area contributed by atoms with Gasteiger partial charge >= 0.3 is 0 Å². The molecule has 1 fully saturated rings. The van der Waals surface area contributed by atoms with Crippen LogP contribution in [0, 0.1) is 11.3 Å². The molecule has 1 amide bonds. The predicted octanol–water partition coefficient (Wildman–Crippen LogP) is 4.17. The largest absolute Gasteiger partial charge is 0.344 e. The third kappa shape index (κ3) is 4.93. The zero-order valence-corrected chi connectivity index (χ0v) is 17.4. The number of nitriles is 1. The van der Waals surface area contributed by atoms with Crippen molar-refractivity contribution in [1.82, 2.24) is 19.7 Å². The average molecular weight is 398 g/mol. The highest BCUT2D eigenvalue weighted by atomic mass is 32.2. The van der Waals surface area contributed by atoms with Crippen molar-refractivity contribution in [1.29, 1.82) is 5.26 Å². The van der Waals surface area contributed by atoms with Gasteiger partial charge in [0.05, 0.1) is 23.4 Å². The van der Waals surface area contributed by atoms with Crippen LogP contribution in [0.1, 0.15) is 57.2 Å². The Morgan fingerprint density at radius 3 is 2.71 bits per heavy atom. The first-order chi connectivity index (χ1) is 13.6. The average Bonchev–Trinajstić information content (AvgIpc) is 3.16. The summed E-state index contributed by atoms with van der Waals surface area (Å²) in [6.45, 7) is 2.32. The number of benzene rings is 1. The van der Waals surface area contributed by atoms with Gasteiger partial charge in [0.2, 0.25) is 11.1 Å². The maximum Gasteiger partial charge on any atom is 0.235 e. The lowest BCUT2D eigenvalue weighted by molar-refractivity contribution is -0.128. The molecule has 1 aromatic carbocycles. The molecule has 1 saturated carbocycles. The summed E-state index contributed by atoms with van der Waals surface area (Å²) in [5.74, 6) is 1.42. The van der Waals surface area contributed by atoms with E-state index in [9.17, 15) is 4.79 Å². The fourth-order valence-corrected chi connectivity index (χ4v) is 4.46. The predicted molar refractivity (Wildman–Crippen MR) is 110 cm³/mol. The van der Waals surface area contributed by atoms with Gasteiger partial charge < -0.3 is 4.90 Å². The third-order valence-electron chi connectivity index (χ3n) is 5.15. The Morgan fingerprint density at radius 2 is 2.04 bits per heavy atom. The van der Waals surface area contributed by atoms with Gasteiger partial charge in [-0.1, -0.05) is 49.2 Å². The summed E-state index contributed by atoms with van der Waals surface area (Å²) in [5.41, 5.74) is 1.01. The van der Waals surface area contributed by atoms with Gasteiger partial charge in [-0.25, -0.2) is 9.67 Å². The van der Waals surface area contributed by atoms with E-state index in [1.807, 2.05) is 41.9 Å². The van der Waals surface area contributed by atoms with Gasteiger partial charge in [0.25, 0.3) is 0 Å². The molecule has 148 valence electrons. The van der Waals surface area contributed by atoms with E-state index in [2.05, 4.69) is 6.07 Å². The first-order valence-electron chi connectivity index (χ1n) is 9.91. The van der Waals surface area contributed by atoms with Crippen molar-refractivity contribution in [3.63, 3.8) is 0 Å². The minimum absolute atomic E-state index is 0.00414. The molecule has 1 heterocycles. The summed E-state index contributed by atoms with van der Waals surface area (Å²) in [6.07, 6.45) is 6.37. The monoisotopic (exact) mass is 397 g/mol. The Morgan fingerprint density at radius 1 is 1.32 bits per heavy atom. The van der Waals surface area contributed by atoms with Gasteiger partial charge in [-0.3, -0.25) is 4.79 Å². The molecule has 7 heteroatoms. The van der Waals surface area contributed by atoms with Crippen molar-refractivity contribution in [2.75, 3.05) is 13.6 Å². The summed E-state index contributed by atoms with van der Waals surface area (Å²) in [5, 5.41) is 13.8. The molecule has 1 atom stereocenters. The highest BCUT2D eigenvalue weighted by molar-refractivity contribution is 8.00. The van der Waals surface area contributed by atoms with E-state index in [0.29, 0.717) is 24.0 Å². The lowest BCUT2D eigenvalue weighted by atomic mass is 9.88. The van der Waals surface area contributed by atoms with Crippen molar-refractivity contribution >= 4 is 17.7 Å². The van der Waals surface area contributed by atoms with Gasteiger partial charge in [-0.15, -0.1) is 5.10 Å². The molecule has 0 saturated heterocycles. The van der Waals surface area contributed by atoms with Crippen LogP contribution in [0.3, 0.4) is 0 Å². The van der Waals surface area contributed by atoms with E-state index in [4.69, 9.17) is 15.3 Å². The minimum atomic E-state index is -0.297. The number of carbonyl (C=O) groups is 1. The molecule has 2 aromatic rings. The van der Waals surface area contributed by atoms with Crippen molar-refractivity contribution in [2.24, 2.45) is 0 Å². The number of hydrogen-bond donors (Lipinski definition) is 0. The number of aromatic nitrogens is 3. The quantitative estimate of drug-likeness (QED) is 0.656. The molecule has 0 unspecified atom stereocenters. The Hall–Kier alpha value is -2.33. The van der Waals surface area contributed by atoms with E-state index in [1.54, 1.807) is 11.9 Å². The topological polar surface area (TPSA) is 74.8 Å². The normalized spacial score (nSPS) is 15.8. The second kappa shape index (κ2) is 9.74. The molecule has 0 aliphatic heterocycles. The molecular formula is C21H27N5OS. The van der Waals surface area contributed by atoms with Crippen molar-refractivity contribution < 1.29 is 4.79 Å². The molecule has 1 aromatic heterocycles. The summed E-state index contributed by atoms with van der Waals surface area (Å²) in [6, 6.07) is 12.2. The maximum atomic E-state index is 12.5. The molecule has 1 aliphatic carbocycles. The van der Waals surface area contributed by atoms with Crippen LogP contribution in [-0.2, 0) is 4.79 Å². The number of hydrogen-bond acceptors (Lipinski definition) is 5. The van der Waals surface area contributed by atoms with Crippen LogP contribution in [0.25, 0.3) is 5.69 Å². The van der Waals surface area contributed by atoms with Crippen LogP contribution in [0.4, 0.5) is 0 Å². The summed E-state index contributed by atoms with van der Waals surface area (Å²) >= 11 is 1.39. The van der Waals surface area contributed by atoms with Crippen LogP contribution in [0.15, 0.2) is 35.5 Å². The van der Waals surface area contributed by atoms with Gasteiger partial charge in [0.1, 0.15) is 5.82 Å². The number of rotatable bonds is 7. The van der Waals surface area contributed by atoms with Crippen LogP contribution < -0.4 is 0 Å². The summed E-state index contributed by atoms with van der Waals surface area (Å²) in [4.78, 5) is 19.0. The number of thioether (sulfide) groups is 1. The van der Waals surface area contributed by atoms with E-state index in [0.717, 1.165) is 24.4 Å². The highest BCUT2D eigenvalue weighted by Crippen LogP contribution is 2.34. The smallest absolute Gasteiger partial charge is 0.235 e. The van der Waals surface area contributed by atoms with Crippen LogP contribution in [0.5, 0.6) is 0 Å². The fourth-order valence-electron chi connectivity index (χ4n) is 3.59. The number of nitrogens with zero attached hydrogens (tertiary/aromatic N) is 5. The van der Waals surface area contributed by atoms with Crippen LogP contribution >= 0.6 is 11.8 Å². The Labute approximate surface area is 170 Å². The molecule has 28 heavy (non-hydrogen) atoms. The maximum absolute atomic E-state index is 12.5. The number of amides is 1. The highest BCUT2D eigenvalue weighted by Gasteiger charge is 2.26. The fraction of sp³-hybridized carbons (Fsp3) is 0.524. The van der Waals surface area contributed by atoms with E-state index < -0.39 is 0 Å². The molecule has 6 nitrogen and oxygen atoms in total. The third-order valence-corrected chi connectivity index (χ3v) is 6.09. The molecule has 1 aliphatic rings. The zero-order chi connectivity index (χ0) is 19.9. The summed E-state index contributed by atoms with van der Waals surface area (Å²) < 4.78 is 1.95. The minimum Gasteiger partial charge on any atom is -0.344 e. The molecular weight excluding hydrogens is 370 g/mol. The van der Waals surface area contributed by atoms with Crippen LogP contribution in [-0.4, -0.2) is 44.4 Å². The lowest BCUT2D eigenvalue weighted by Gasteiger charge is -2.21. The Kier molecular flexibility index (Phi) is 7.10. The lowest BCUT2D eigenvalue weighted by Crippen LogP contribution is -2.33. The van der Waals surface area contributed by atoms with E-state index in [1.165, 1.54) is 31.0 Å². The molecule has 0 radical (unpaired) electrons. The van der Waals surface area contributed by atoms with E-state index >= 15 is 0 Å². The van der Waals surface area contributed by atoms with Crippen LogP contribution in [0.2, 0.25) is 0 Å². The van der Waals surface area contributed by atoms with Gasteiger partial charge in [-0.05, 0) is 31.9 Å². The van der Waals surface area contributed by atoms with E-state index in [-0.39, 0.29) is 11.2 Å². The second-order valence-electron chi connectivity index (χ2n) is 7.26. The molecule has 0 bridgehead atoms. The number of para-hydroxylation sites is 1. The molecule has 0 N–H and O–H groups in total. The standard InChI is InChI=1S/C21H27N5OS/c1-16(20(27)25(2)15-9-14-22)28-21-23-19(17-10-5-3-6-11-17)26(24-21)18-12-7-4-8-13-18/h4,7-8,12-13,16-17H,3,5-6,9-11,15H2,1-2H3/t16-/m1/s1. The first kappa shape index (κ1) is 20.4. The van der Waals surface area contributed by atoms with Crippen molar-refractivity contribution in [2.45, 2.75) is 61.8 Å². The zero-order valence-electron chi connectivity index (χ0n) is 16.5. The Bertz CT molecular complexity index is 823. The van der Waals surface area contributed by atoms with Gasteiger partial charge in [0.15, 0.2) is 0 Å². The first-order valence-corrected chi connectivity index (χ1v) is 10.8. The summed E-state index contributed by atoms with van der Waals surface area (Å²) in [7, 11) is 1.74. The van der Waals surface area contributed by atoms with Gasteiger partial charge in [-0.2, -0.15) is 5.26 Å². The molecule has 0 spiro atoms. The SMILES string of the molecule is C[C@@H](Sc1nc(C2CCCCC2)n(-c2ccccc2)n1)C(=O)N(C)CCC#N. The van der Waals surface area contributed by atoms with Crippen molar-refractivity contribution in [3.8, 4) is 11.8 Å². The molecule has 3 rings (SSSR count). The second-order valence-corrected chi connectivity index (χ2v) is 8.57. The Balaban J connectivity index is 1.81. The number of carbonyl (C=O) groups excluding carboxylic acids is 1. The van der Waals surface area contributed by atoms with Gasteiger partial charge in [0, 0.05) is 19.5 Å².